The SMILES string of the molecule is CCn1c(=O)c2cnc(Nc3ccc4c(c3)CNCC4)nc2n1-c1cccc(C2(C#N)CC2)n1.Cl.Cl. The summed E-state index contributed by atoms with van der Waals surface area (Å²) in [5, 5.41) is 16.7. The second-order valence-corrected chi connectivity index (χ2v) is 8.87. The molecule has 2 aliphatic rings. The van der Waals surface area contributed by atoms with Gasteiger partial charge in [-0.1, -0.05) is 12.1 Å². The molecule has 1 aliphatic carbocycles. The van der Waals surface area contributed by atoms with Crippen LogP contribution >= 0.6 is 24.8 Å². The van der Waals surface area contributed by atoms with Crippen LogP contribution in [0.4, 0.5) is 11.6 Å². The molecule has 2 N–H and O–H groups in total. The average molecular weight is 525 g/mol. The summed E-state index contributed by atoms with van der Waals surface area (Å²) in [7, 11) is 0. The van der Waals surface area contributed by atoms with Gasteiger partial charge >= 0.3 is 0 Å². The van der Waals surface area contributed by atoms with Crippen LogP contribution in [-0.2, 0) is 24.9 Å². The molecule has 6 rings (SSSR count). The van der Waals surface area contributed by atoms with Crippen LogP contribution in [0.15, 0.2) is 47.4 Å². The van der Waals surface area contributed by atoms with E-state index in [9.17, 15) is 10.1 Å². The summed E-state index contributed by atoms with van der Waals surface area (Å²) in [6.07, 6.45) is 4.20. The Morgan fingerprint density at radius 2 is 2.00 bits per heavy atom. The minimum atomic E-state index is -0.515. The topological polar surface area (TPSA) is 113 Å². The number of nitrogens with zero attached hydrogens (tertiary/aromatic N) is 6. The summed E-state index contributed by atoms with van der Waals surface area (Å²) in [5.74, 6) is 0.975. The fourth-order valence-corrected chi connectivity index (χ4v) is 4.65. The van der Waals surface area contributed by atoms with Crippen molar-refractivity contribution < 1.29 is 0 Å². The van der Waals surface area contributed by atoms with Crippen molar-refractivity contribution in [3.63, 3.8) is 0 Å². The normalized spacial score (nSPS) is 15.2. The van der Waals surface area contributed by atoms with Crippen LogP contribution in [0.5, 0.6) is 0 Å². The van der Waals surface area contributed by atoms with Crippen LogP contribution in [0.2, 0.25) is 0 Å². The highest BCUT2D eigenvalue weighted by atomic mass is 35.5. The third-order valence-corrected chi connectivity index (χ3v) is 6.73. The zero-order chi connectivity index (χ0) is 23.3. The molecule has 1 aliphatic heterocycles. The molecule has 0 saturated heterocycles. The molecule has 1 aromatic carbocycles. The number of hydrogen-bond acceptors (Lipinski definition) is 7. The van der Waals surface area contributed by atoms with Gasteiger partial charge in [0.1, 0.15) is 5.39 Å². The van der Waals surface area contributed by atoms with Crippen molar-refractivity contribution in [1.82, 2.24) is 29.6 Å². The maximum absolute atomic E-state index is 13.1. The number of aromatic nitrogens is 5. The maximum atomic E-state index is 13.1. The number of rotatable bonds is 5. The van der Waals surface area contributed by atoms with E-state index < -0.39 is 5.41 Å². The van der Waals surface area contributed by atoms with E-state index in [0.29, 0.717) is 29.3 Å². The highest BCUT2D eigenvalue weighted by molar-refractivity contribution is 5.85. The Balaban J connectivity index is 0.00000152. The molecule has 36 heavy (non-hydrogen) atoms. The molecule has 0 unspecified atom stereocenters. The Bertz CT molecular complexity index is 1530. The second kappa shape index (κ2) is 9.90. The lowest BCUT2D eigenvalue weighted by atomic mass is 10.0. The lowest BCUT2D eigenvalue weighted by Crippen LogP contribution is -2.23. The molecular weight excluding hydrogens is 499 g/mol. The number of pyridine rings is 1. The number of nitriles is 1. The fourth-order valence-electron chi connectivity index (χ4n) is 4.65. The van der Waals surface area contributed by atoms with Gasteiger partial charge in [0, 0.05) is 25.0 Å². The molecule has 0 atom stereocenters. The van der Waals surface area contributed by atoms with E-state index in [2.05, 4.69) is 33.8 Å². The Labute approximate surface area is 220 Å². The molecular formula is C25H26Cl2N8O. The van der Waals surface area contributed by atoms with Crippen molar-refractivity contribution in [2.24, 2.45) is 0 Å². The summed E-state index contributed by atoms with van der Waals surface area (Å²) in [5.41, 5.74) is 4.05. The first-order valence-electron chi connectivity index (χ1n) is 11.6. The van der Waals surface area contributed by atoms with Crippen LogP contribution in [-0.4, -0.2) is 30.9 Å². The number of nitrogens with one attached hydrogen (secondary N) is 2. The van der Waals surface area contributed by atoms with Gasteiger partial charge in [0.15, 0.2) is 11.5 Å². The molecule has 186 valence electrons. The molecule has 4 aromatic rings. The minimum absolute atomic E-state index is 0. The van der Waals surface area contributed by atoms with Crippen LogP contribution in [0.1, 0.15) is 36.6 Å². The highest BCUT2D eigenvalue weighted by Crippen LogP contribution is 2.46. The second-order valence-electron chi connectivity index (χ2n) is 8.87. The molecule has 11 heteroatoms. The summed E-state index contributed by atoms with van der Waals surface area (Å²) in [6, 6.07) is 14.3. The standard InChI is InChI=1S/C25H24N8O.2ClH/c1-2-32-23(34)19-14-28-24(29-18-7-6-16-8-11-27-13-17(16)12-18)31-22(19)33(32)21-5-3-4-20(30-21)25(15-26)9-10-25;;/h3-7,12,14,27H,2,8-11,13H2,1H3,(H,28,29,31);2*1H. The molecule has 0 spiro atoms. The lowest BCUT2D eigenvalue weighted by Gasteiger charge is -2.18. The van der Waals surface area contributed by atoms with Gasteiger partial charge in [0.25, 0.3) is 5.56 Å². The maximum Gasteiger partial charge on any atom is 0.278 e. The molecule has 9 nitrogen and oxygen atoms in total. The van der Waals surface area contributed by atoms with Gasteiger partial charge in [-0.05, 0) is 68.1 Å². The third kappa shape index (κ3) is 4.22. The molecule has 0 amide bonds. The first-order chi connectivity index (χ1) is 16.6. The van der Waals surface area contributed by atoms with Crippen LogP contribution < -0.4 is 16.2 Å². The Morgan fingerprint density at radius 3 is 2.75 bits per heavy atom. The molecule has 4 heterocycles. The minimum Gasteiger partial charge on any atom is -0.324 e. The zero-order valence-corrected chi connectivity index (χ0v) is 21.3. The number of benzene rings is 1. The van der Waals surface area contributed by atoms with E-state index in [4.69, 9.17) is 9.97 Å². The predicted octanol–water partition coefficient (Wildman–Crippen LogP) is 3.79. The van der Waals surface area contributed by atoms with E-state index in [1.54, 1.807) is 15.6 Å². The van der Waals surface area contributed by atoms with Crippen molar-refractivity contribution in [2.75, 3.05) is 11.9 Å². The van der Waals surface area contributed by atoms with Crippen molar-refractivity contribution in [3.05, 3.63) is 69.8 Å². The van der Waals surface area contributed by atoms with Gasteiger partial charge in [-0.2, -0.15) is 10.2 Å². The van der Waals surface area contributed by atoms with E-state index in [1.165, 1.54) is 11.1 Å². The first kappa shape index (κ1) is 25.6. The fraction of sp³-hybridized carbons (Fsp3) is 0.320. The summed E-state index contributed by atoms with van der Waals surface area (Å²) >= 11 is 0. The van der Waals surface area contributed by atoms with E-state index >= 15 is 0 Å². The largest absolute Gasteiger partial charge is 0.324 e. The van der Waals surface area contributed by atoms with Crippen molar-refractivity contribution in [3.8, 4) is 11.9 Å². The lowest BCUT2D eigenvalue weighted by molar-refractivity contribution is 0.566. The van der Waals surface area contributed by atoms with E-state index in [1.807, 2.05) is 31.2 Å². The van der Waals surface area contributed by atoms with Gasteiger partial charge in [-0.25, -0.2) is 19.3 Å². The molecule has 1 fully saturated rings. The predicted molar refractivity (Wildman–Crippen MR) is 143 cm³/mol. The Morgan fingerprint density at radius 1 is 1.17 bits per heavy atom. The number of halogens is 2. The van der Waals surface area contributed by atoms with Gasteiger partial charge < -0.3 is 10.6 Å². The average Bonchev–Trinajstić information content (AvgIpc) is 3.63. The quantitative estimate of drug-likeness (QED) is 0.408. The summed E-state index contributed by atoms with van der Waals surface area (Å²) in [6.45, 7) is 4.20. The van der Waals surface area contributed by atoms with Gasteiger partial charge in [-0.3, -0.25) is 4.79 Å². The number of fused-ring (bicyclic) bond motifs is 2. The van der Waals surface area contributed by atoms with E-state index in [0.717, 1.165) is 43.7 Å². The van der Waals surface area contributed by atoms with Crippen LogP contribution in [0, 0.1) is 11.3 Å². The van der Waals surface area contributed by atoms with Crippen LogP contribution in [0.25, 0.3) is 16.9 Å². The van der Waals surface area contributed by atoms with Crippen molar-refractivity contribution in [2.45, 2.75) is 44.7 Å². The van der Waals surface area contributed by atoms with Crippen molar-refractivity contribution in [1.29, 1.82) is 5.26 Å². The summed E-state index contributed by atoms with van der Waals surface area (Å²) < 4.78 is 3.34. The highest BCUT2D eigenvalue weighted by Gasteiger charge is 2.46. The number of anilines is 2. The first-order valence-corrected chi connectivity index (χ1v) is 11.6. The summed E-state index contributed by atoms with van der Waals surface area (Å²) in [4.78, 5) is 27.0. The zero-order valence-electron chi connectivity index (χ0n) is 19.7. The van der Waals surface area contributed by atoms with Crippen LogP contribution in [0.3, 0.4) is 0 Å². The molecule has 0 bridgehead atoms. The third-order valence-electron chi connectivity index (χ3n) is 6.73. The number of hydrogen-bond donors (Lipinski definition) is 2. The van der Waals surface area contributed by atoms with Crippen molar-refractivity contribution >= 4 is 47.5 Å². The molecule has 0 radical (unpaired) electrons. The van der Waals surface area contributed by atoms with Gasteiger partial charge in [0.2, 0.25) is 5.95 Å². The van der Waals surface area contributed by atoms with Gasteiger partial charge in [-0.15, -0.1) is 24.8 Å². The Hall–Kier alpha value is -3.45. The molecule has 3 aromatic heterocycles. The smallest absolute Gasteiger partial charge is 0.278 e. The van der Waals surface area contributed by atoms with Gasteiger partial charge in [0.05, 0.1) is 17.2 Å². The Kier molecular flexibility index (Phi) is 7.05. The van der Waals surface area contributed by atoms with E-state index in [-0.39, 0.29) is 30.4 Å². The molecule has 1 saturated carbocycles. The monoisotopic (exact) mass is 524 g/mol.